The maximum atomic E-state index is 13.4. The first-order valence-electron chi connectivity index (χ1n) is 10.9. The number of rotatable bonds is 6. The molecular formula is C25H25N3O4S2. The normalized spacial score (nSPS) is 13.3. The van der Waals surface area contributed by atoms with E-state index in [1.165, 1.54) is 21.9 Å². The first kappa shape index (κ1) is 22.6. The number of nitrogens with zero attached hydrogens (tertiary/aromatic N) is 2. The fourth-order valence-corrected chi connectivity index (χ4v) is 6.48. The summed E-state index contributed by atoms with van der Waals surface area (Å²) in [6, 6.07) is 16.5. The summed E-state index contributed by atoms with van der Waals surface area (Å²) in [5.74, 6) is 0.739. The van der Waals surface area contributed by atoms with E-state index in [9.17, 15) is 13.2 Å². The molecule has 1 aliphatic rings. The lowest BCUT2D eigenvalue weighted by Crippen LogP contribution is -2.19. The molecule has 0 amide bonds. The van der Waals surface area contributed by atoms with Gasteiger partial charge in [-0.15, -0.1) is 0 Å². The van der Waals surface area contributed by atoms with Crippen LogP contribution in [0, 0.1) is 0 Å². The van der Waals surface area contributed by atoms with Crippen molar-refractivity contribution in [2.75, 3.05) is 11.8 Å². The van der Waals surface area contributed by atoms with Gasteiger partial charge in [0.15, 0.2) is 0 Å². The Morgan fingerprint density at radius 1 is 0.912 bits per heavy atom. The minimum Gasteiger partial charge on any atom is -0.497 e. The minimum atomic E-state index is -3.82. The Kier molecular flexibility index (Phi) is 5.69. The number of hydrogen-bond donors (Lipinski definition) is 1. The van der Waals surface area contributed by atoms with E-state index in [0.717, 1.165) is 41.0 Å². The molecule has 1 N–H and O–H groups in total. The second kappa shape index (κ2) is 8.56. The molecule has 34 heavy (non-hydrogen) atoms. The van der Waals surface area contributed by atoms with Gasteiger partial charge in [-0.1, -0.05) is 17.8 Å². The molecule has 176 valence electrons. The van der Waals surface area contributed by atoms with Crippen molar-refractivity contribution in [3.8, 4) is 5.75 Å². The lowest BCUT2D eigenvalue weighted by atomic mass is 10.1. The van der Waals surface area contributed by atoms with Crippen molar-refractivity contribution in [2.24, 2.45) is 14.1 Å². The molecule has 0 aliphatic heterocycles. The van der Waals surface area contributed by atoms with Crippen molar-refractivity contribution in [3.63, 3.8) is 0 Å². The van der Waals surface area contributed by atoms with Gasteiger partial charge in [0, 0.05) is 23.9 Å². The minimum absolute atomic E-state index is 0.172. The van der Waals surface area contributed by atoms with Crippen molar-refractivity contribution < 1.29 is 13.2 Å². The molecule has 1 aromatic heterocycles. The zero-order valence-corrected chi connectivity index (χ0v) is 20.8. The van der Waals surface area contributed by atoms with Gasteiger partial charge in [0.05, 0.1) is 28.7 Å². The van der Waals surface area contributed by atoms with Crippen LogP contribution in [-0.2, 0) is 37.0 Å². The molecule has 0 unspecified atom stereocenters. The van der Waals surface area contributed by atoms with Gasteiger partial charge in [-0.25, -0.2) is 13.2 Å². The van der Waals surface area contributed by atoms with Crippen LogP contribution in [0.3, 0.4) is 0 Å². The summed E-state index contributed by atoms with van der Waals surface area (Å²) in [7, 11) is 1.18. The number of nitrogens with one attached hydrogen (secondary N) is 1. The van der Waals surface area contributed by atoms with Gasteiger partial charge < -0.3 is 4.74 Å². The largest absolute Gasteiger partial charge is 0.497 e. The number of benzene rings is 3. The number of ether oxygens (including phenoxy) is 1. The van der Waals surface area contributed by atoms with Gasteiger partial charge in [-0.2, -0.15) is 0 Å². The Hall–Kier alpha value is -3.17. The van der Waals surface area contributed by atoms with E-state index in [2.05, 4.69) is 4.72 Å². The zero-order chi connectivity index (χ0) is 24.0. The molecule has 0 atom stereocenters. The second-order valence-electron chi connectivity index (χ2n) is 8.40. The second-order valence-corrected chi connectivity index (χ2v) is 11.2. The van der Waals surface area contributed by atoms with Crippen LogP contribution < -0.4 is 15.1 Å². The molecule has 1 aliphatic carbocycles. The van der Waals surface area contributed by atoms with Gasteiger partial charge in [0.1, 0.15) is 5.75 Å². The molecule has 0 radical (unpaired) electrons. The zero-order valence-electron chi connectivity index (χ0n) is 19.2. The van der Waals surface area contributed by atoms with Crippen molar-refractivity contribution in [1.29, 1.82) is 0 Å². The number of sulfonamides is 1. The summed E-state index contributed by atoms with van der Waals surface area (Å²) < 4.78 is 37.8. The highest BCUT2D eigenvalue weighted by Gasteiger charge is 2.22. The standard InChI is InChI=1S/C25H25N3O4S2/c1-27-22-14-21(26-34(30,31)20-12-7-16-5-4-6-17(16)13-20)24(15-23(22)28(2)25(27)29)33-19-10-8-18(32-3)9-11-19/h7-15,26H,4-6H2,1-3H3. The molecule has 3 aromatic carbocycles. The summed E-state index contributed by atoms with van der Waals surface area (Å²) in [6.45, 7) is 0. The van der Waals surface area contributed by atoms with Crippen LogP contribution in [0.4, 0.5) is 5.69 Å². The molecule has 4 aromatic rings. The van der Waals surface area contributed by atoms with E-state index in [4.69, 9.17) is 4.74 Å². The third-order valence-corrected chi connectivity index (χ3v) is 8.71. The maximum absolute atomic E-state index is 13.4. The van der Waals surface area contributed by atoms with Crippen molar-refractivity contribution in [1.82, 2.24) is 9.13 Å². The van der Waals surface area contributed by atoms with E-state index >= 15 is 0 Å². The smallest absolute Gasteiger partial charge is 0.328 e. The number of aryl methyl sites for hydroxylation is 4. The number of hydrogen-bond acceptors (Lipinski definition) is 5. The van der Waals surface area contributed by atoms with Crippen LogP contribution in [0.2, 0.25) is 0 Å². The maximum Gasteiger partial charge on any atom is 0.328 e. The topological polar surface area (TPSA) is 82.3 Å². The summed E-state index contributed by atoms with van der Waals surface area (Å²) in [6.07, 6.45) is 2.94. The molecule has 0 bridgehead atoms. The Labute approximate surface area is 202 Å². The lowest BCUT2D eigenvalue weighted by molar-refractivity contribution is 0.414. The van der Waals surface area contributed by atoms with Crippen LogP contribution in [0.5, 0.6) is 5.75 Å². The average molecular weight is 496 g/mol. The molecule has 0 saturated heterocycles. The molecule has 7 nitrogen and oxygen atoms in total. The summed E-state index contributed by atoms with van der Waals surface area (Å²) in [5.41, 5.74) is 3.94. The Balaban J connectivity index is 1.59. The van der Waals surface area contributed by atoms with Gasteiger partial charge >= 0.3 is 5.69 Å². The van der Waals surface area contributed by atoms with Crippen molar-refractivity contribution in [3.05, 3.63) is 76.2 Å². The first-order chi connectivity index (χ1) is 16.3. The van der Waals surface area contributed by atoms with Crippen LogP contribution in [0.25, 0.3) is 11.0 Å². The molecule has 0 saturated carbocycles. The van der Waals surface area contributed by atoms with Crippen LogP contribution in [0.1, 0.15) is 17.5 Å². The summed E-state index contributed by atoms with van der Waals surface area (Å²) >= 11 is 1.42. The SMILES string of the molecule is COc1ccc(Sc2cc3c(cc2NS(=O)(=O)c2ccc4c(c2)CCC4)n(C)c(=O)n3C)cc1. The Bertz CT molecular complexity index is 1570. The van der Waals surface area contributed by atoms with Crippen LogP contribution >= 0.6 is 11.8 Å². The Morgan fingerprint density at radius 2 is 1.59 bits per heavy atom. The van der Waals surface area contributed by atoms with Gasteiger partial charge in [0.25, 0.3) is 10.0 Å². The average Bonchev–Trinajstić information content (AvgIpc) is 3.38. The quantitative estimate of drug-likeness (QED) is 0.431. The number of fused-ring (bicyclic) bond motifs is 2. The van der Waals surface area contributed by atoms with E-state index in [-0.39, 0.29) is 10.6 Å². The predicted molar refractivity (Wildman–Crippen MR) is 135 cm³/mol. The van der Waals surface area contributed by atoms with Crippen molar-refractivity contribution in [2.45, 2.75) is 33.9 Å². The molecule has 1 heterocycles. The highest BCUT2D eigenvalue weighted by atomic mass is 32.2. The van der Waals surface area contributed by atoms with E-state index in [1.54, 1.807) is 44.0 Å². The molecule has 5 rings (SSSR count). The number of imidazole rings is 1. The molecule has 0 spiro atoms. The van der Waals surface area contributed by atoms with E-state index in [1.807, 2.05) is 36.4 Å². The summed E-state index contributed by atoms with van der Waals surface area (Å²) in [4.78, 5) is 14.4. The Morgan fingerprint density at radius 3 is 2.29 bits per heavy atom. The highest BCUT2D eigenvalue weighted by molar-refractivity contribution is 7.99. The van der Waals surface area contributed by atoms with Crippen molar-refractivity contribution >= 4 is 38.5 Å². The first-order valence-corrected chi connectivity index (χ1v) is 13.2. The highest BCUT2D eigenvalue weighted by Crippen LogP contribution is 2.38. The number of methoxy groups -OCH3 is 1. The van der Waals surface area contributed by atoms with Crippen LogP contribution in [0.15, 0.2) is 74.1 Å². The molecule has 0 fully saturated rings. The van der Waals surface area contributed by atoms with Crippen LogP contribution in [-0.4, -0.2) is 24.7 Å². The van der Waals surface area contributed by atoms with E-state index in [0.29, 0.717) is 16.1 Å². The van der Waals surface area contributed by atoms with Gasteiger partial charge in [0.2, 0.25) is 0 Å². The number of aromatic nitrogens is 2. The van der Waals surface area contributed by atoms with Gasteiger partial charge in [-0.05, 0) is 78.9 Å². The van der Waals surface area contributed by atoms with E-state index < -0.39 is 10.0 Å². The lowest BCUT2D eigenvalue weighted by Gasteiger charge is -2.14. The molecular weight excluding hydrogens is 470 g/mol. The fraction of sp³-hybridized carbons (Fsp3) is 0.240. The third kappa shape index (κ3) is 3.99. The summed E-state index contributed by atoms with van der Waals surface area (Å²) in [5, 5.41) is 0. The fourth-order valence-electron chi connectivity index (χ4n) is 4.38. The third-order valence-electron chi connectivity index (χ3n) is 6.29. The van der Waals surface area contributed by atoms with Gasteiger partial charge in [-0.3, -0.25) is 13.9 Å². The predicted octanol–water partition coefficient (Wildman–Crippen LogP) is 4.33. The molecule has 9 heteroatoms. The monoisotopic (exact) mass is 495 g/mol. The number of anilines is 1.